The highest BCUT2D eigenvalue weighted by Crippen LogP contribution is 2.40. The lowest BCUT2D eigenvalue weighted by Crippen LogP contribution is -2.37. The minimum Gasteiger partial charge on any atom is -0.444 e. The van der Waals surface area contributed by atoms with Crippen molar-refractivity contribution in [1.82, 2.24) is 25.0 Å². The van der Waals surface area contributed by atoms with E-state index in [0.29, 0.717) is 0 Å². The van der Waals surface area contributed by atoms with Crippen molar-refractivity contribution in [2.24, 2.45) is 5.41 Å². The first kappa shape index (κ1) is 17.2. The smallest absolute Gasteiger partial charge is 0.410 e. The van der Waals surface area contributed by atoms with Gasteiger partial charge in [-0.15, -0.1) is 0 Å². The topological polar surface area (TPSA) is 74.4 Å². The van der Waals surface area contributed by atoms with Crippen molar-refractivity contribution in [3.8, 4) is 0 Å². The first-order valence-corrected chi connectivity index (χ1v) is 8.89. The Morgan fingerprint density at radius 2 is 2.04 bits per heavy atom. The minimum absolute atomic E-state index is 0.180. The highest BCUT2D eigenvalue weighted by Gasteiger charge is 2.45. The number of likely N-dealkylation sites (tertiary alicyclic amines) is 2. The molecular weight excluding hydrogens is 306 g/mol. The molecule has 1 aromatic rings. The monoisotopic (exact) mass is 335 g/mol. The Hall–Kier alpha value is -1.63. The van der Waals surface area contributed by atoms with E-state index in [4.69, 9.17) is 4.74 Å². The number of hydrogen-bond acceptors (Lipinski definition) is 5. The van der Waals surface area contributed by atoms with Gasteiger partial charge in [-0.05, 0) is 40.2 Å². The van der Waals surface area contributed by atoms with Crippen LogP contribution in [0.25, 0.3) is 0 Å². The quantitative estimate of drug-likeness (QED) is 0.916. The van der Waals surface area contributed by atoms with E-state index >= 15 is 0 Å². The molecule has 134 valence electrons. The fourth-order valence-corrected chi connectivity index (χ4v) is 3.69. The number of carbonyl (C=O) groups excluding carboxylic acids is 1. The van der Waals surface area contributed by atoms with Crippen molar-refractivity contribution in [2.75, 3.05) is 26.2 Å². The predicted octanol–water partition coefficient (Wildman–Crippen LogP) is 2.20. The molecule has 0 saturated carbocycles. The van der Waals surface area contributed by atoms with Crippen LogP contribution in [0, 0.1) is 5.41 Å². The molecule has 1 aromatic heterocycles. The number of hydrogen-bond donors (Lipinski definition) is 1. The van der Waals surface area contributed by atoms with E-state index in [-0.39, 0.29) is 11.5 Å². The SMILES string of the molecule is CCc1n[nH]c(CN2CCC3(CCN(C(=O)OC(C)(C)C)C3)C2)n1. The van der Waals surface area contributed by atoms with Gasteiger partial charge in [0.05, 0.1) is 6.54 Å². The number of amides is 1. The number of aromatic amines is 1. The molecule has 7 heteroatoms. The van der Waals surface area contributed by atoms with Gasteiger partial charge in [-0.2, -0.15) is 5.10 Å². The van der Waals surface area contributed by atoms with Crippen LogP contribution in [0.4, 0.5) is 4.79 Å². The van der Waals surface area contributed by atoms with Crippen LogP contribution in [0.5, 0.6) is 0 Å². The highest BCUT2D eigenvalue weighted by molar-refractivity contribution is 5.68. The van der Waals surface area contributed by atoms with E-state index < -0.39 is 5.60 Å². The lowest BCUT2D eigenvalue weighted by molar-refractivity contribution is 0.0274. The molecule has 0 aliphatic carbocycles. The summed E-state index contributed by atoms with van der Waals surface area (Å²) >= 11 is 0. The number of aromatic nitrogens is 3. The maximum atomic E-state index is 12.3. The van der Waals surface area contributed by atoms with Crippen LogP contribution < -0.4 is 0 Å². The number of ether oxygens (including phenoxy) is 1. The van der Waals surface area contributed by atoms with E-state index in [1.165, 1.54) is 0 Å². The summed E-state index contributed by atoms with van der Waals surface area (Å²) in [5, 5.41) is 7.23. The van der Waals surface area contributed by atoms with Crippen LogP contribution in [0.1, 0.15) is 52.2 Å². The molecule has 2 saturated heterocycles. The van der Waals surface area contributed by atoms with Crippen molar-refractivity contribution < 1.29 is 9.53 Å². The van der Waals surface area contributed by atoms with E-state index in [2.05, 4.69) is 27.0 Å². The molecule has 1 atom stereocenters. The van der Waals surface area contributed by atoms with Gasteiger partial charge in [0.15, 0.2) is 0 Å². The third kappa shape index (κ3) is 3.88. The molecule has 1 N–H and O–H groups in total. The second-order valence-electron chi connectivity index (χ2n) is 8.16. The van der Waals surface area contributed by atoms with Crippen LogP contribution >= 0.6 is 0 Å². The van der Waals surface area contributed by atoms with Gasteiger partial charge in [0.25, 0.3) is 0 Å². The lowest BCUT2D eigenvalue weighted by Gasteiger charge is -2.27. The van der Waals surface area contributed by atoms with Crippen LogP contribution in [0.2, 0.25) is 0 Å². The zero-order chi connectivity index (χ0) is 17.4. The van der Waals surface area contributed by atoms with Gasteiger partial charge in [0.2, 0.25) is 0 Å². The molecule has 1 unspecified atom stereocenters. The number of nitrogens with one attached hydrogen (secondary N) is 1. The summed E-state index contributed by atoms with van der Waals surface area (Å²) < 4.78 is 5.51. The Morgan fingerprint density at radius 1 is 1.29 bits per heavy atom. The van der Waals surface area contributed by atoms with Gasteiger partial charge in [-0.3, -0.25) is 10.00 Å². The minimum atomic E-state index is -0.433. The van der Waals surface area contributed by atoms with Gasteiger partial charge >= 0.3 is 6.09 Å². The summed E-state index contributed by atoms with van der Waals surface area (Å²) in [7, 11) is 0. The second kappa shape index (κ2) is 6.35. The summed E-state index contributed by atoms with van der Waals surface area (Å²) in [6.45, 7) is 12.3. The average molecular weight is 335 g/mol. The van der Waals surface area contributed by atoms with E-state index in [0.717, 1.165) is 63.6 Å². The van der Waals surface area contributed by atoms with Crippen LogP contribution in [-0.4, -0.2) is 62.9 Å². The Kier molecular flexibility index (Phi) is 4.55. The van der Waals surface area contributed by atoms with E-state index in [1.807, 2.05) is 25.7 Å². The molecule has 2 aliphatic rings. The van der Waals surface area contributed by atoms with Crippen molar-refractivity contribution >= 4 is 6.09 Å². The lowest BCUT2D eigenvalue weighted by atomic mass is 9.86. The van der Waals surface area contributed by atoms with Crippen molar-refractivity contribution in [3.05, 3.63) is 11.6 Å². The van der Waals surface area contributed by atoms with Gasteiger partial charge < -0.3 is 9.64 Å². The number of carbonyl (C=O) groups is 1. The van der Waals surface area contributed by atoms with Gasteiger partial charge in [-0.25, -0.2) is 9.78 Å². The maximum absolute atomic E-state index is 12.3. The number of aryl methyl sites for hydroxylation is 1. The number of nitrogens with zero attached hydrogens (tertiary/aromatic N) is 4. The Labute approximate surface area is 143 Å². The normalized spacial score (nSPS) is 24.9. The molecule has 0 radical (unpaired) electrons. The zero-order valence-corrected chi connectivity index (χ0v) is 15.3. The summed E-state index contributed by atoms with van der Waals surface area (Å²) in [4.78, 5) is 21.1. The molecule has 0 aromatic carbocycles. The molecule has 1 amide bonds. The Morgan fingerprint density at radius 3 is 2.71 bits per heavy atom. The predicted molar refractivity (Wildman–Crippen MR) is 90.5 cm³/mol. The molecule has 1 spiro atoms. The van der Waals surface area contributed by atoms with Gasteiger partial charge in [0, 0.05) is 31.5 Å². The fourth-order valence-electron chi connectivity index (χ4n) is 3.69. The molecule has 2 fully saturated rings. The highest BCUT2D eigenvalue weighted by atomic mass is 16.6. The first-order chi connectivity index (χ1) is 11.3. The second-order valence-corrected chi connectivity index (χ2v) is 8.16. The van der Waals surface area contributed by atoms with Crippen molar-refractivity contribution in [2.45, 2.75) is 59.1 Å². The molecule has 3 heterocycles. The number of rotatable bonds is 3. The molecular formula is C17H29N5O2. The van der Waals surface area contributed by atoms with E-state index in [1.54, 1.807) is 0 Å². The molecule has 7 nitrogen and oxygen atoms in total. The Bertz CT molecular complexity index is 594. The van der Waals surface area contributed by atoms with Crippen LogP contribution in [0.3, 0.4) is 0 Å². The third-order valence-corrected chi connectivity index (χ3v) is 4.88. The van der Waals surface area contributed by atoms with Crippen LogP contribution in [0.15, 0.2) is 0 Å². The van der Waals surface area contributed by atoms with Gasteiger partial charge in [-0.1, -0.05) is 6.92 Å². The third-order valence-electron chi connectivity index (χ3n) is 4.88. The van der Waals surface area contributed by atoms with Crippen molar-refractivity contribution in [1.29, 1.82) is 0 Å². The maximum Gasteiger partial charge on any atom is 0.410 e. The molecule has 0 bridgehead atoms. The number of H-pyrrole nitrogens is 1. The summed E-state index contributed by atoms with van der Waals surface area (Å²) in [5.74, 6) is 1.81. The van der Waals surface area contributed by atoms with Crippen molar-refractivity contribution in [3.63, 3.8) is 0 Å². The van der Waals surface area contributed by atoms with Crippen LogP contribution in [-0.2, 0) is 17.7 Å². The summed E-state index contributed by atoms with van der Waals surface area (Å²) in [6, 6.07) is 0. The molecule has 24 heavy (non-hydrogen) atoms. The first-order valence-electron chi connectivity index (χ1n) is 8.89. The zero-order valence-electron chi connectivity index (χ0n) is 15.3. The average Bonchev–Trinajstić information content (AvgIpc) is 3.19. The molecule has 2 aliphatic heterocycles. The molecule has 3 rings (SSSR count). The summed E-state index contributed by atoms with van der Waals surface area (Å²) in [6.07, 6.45) is 2.85. The Balaban J connectivity index is 1.54. The van der Waals surface area contributed by atoms with Gasteiger partial charge in [0.1, 0.15) is 17.2 Å². The largest absolute Gasteiger partial charge is 0.444 e. The standard InChI is InChI=1S/C17H29N5O2/c1-5-13-18-14(20-19-13)10-21-8-6-17(11-21)7-9-22(12-17)15(23)24-16(2,3)4/h5-12H2,1-4H3,(H,18,19,20). The van der Waals surface area contributed by atoms with E-state index in [9.17, 15) is 4.79 Å². The fraction of sp³-hybridized carbons (Fsp3) is 0.824. The summed E-state index contributed by atoms with van der Waals surface area (Å²) in [5.41, 5.74) is -0.220.